The summed E-state index contributed by atoms with van der Waals surface area (Å²) in [5, 5.41) is 5.13. The molecule has 0 bridgehead atoms. The number of aromatic nitrogens is 2. The molecular weight excluding hydrogens is 433 g/mol. The zero-order valence-corrected chi connectivity index (χ0v) is 17.7. The first-order valence-corrected chi connectivity index (χ1v) is 10.6. The zero-order chi connectivity index (χ0) is 22.3. The molecule has 2 aromatic heterocycles. The van der Waals surface area contributed by atoms with Crippen LogP contribution in [0.25, 0.3) is 21.3 Å². The van der Waals surface area contributed by atoms with Crippen LogP contribution in [0.1, 0.15) is 6.42 Å². The second-order valence-corrected chi connectivity index (χ2v) is 7.52. The highest BCUT2D eigenvalue weighted by Crippen LogP contribution is 2.38. The molecule has 0 aliphatic heterocycles. The molecule has 0 saturated heterocycles. The largest absolute Gasteiger partial charge is 0.493 e. The molecule has 32 heavy (non-hydrogen) atoms. The third kappa shape index (κ3) is 4.93. The molecule has 2 heterocycles. The number of hydrogen-bond acceptors (Lipinski definition) is 7. The van der Waals surface area contributed by atoms with Crippen molar-refractivity contribution in [3.05, 3.63) is 66.1 Å². The molecule has 2 amide bonds. The number of carbonyl (C=O) groups is 1. The lowest BCUT2D eigenvalue weighted by atomic mass is 10.1. The normalized spacial score (nSPS) is 10.7. The van der Waals surface area contributed by atoms with Gasteiger partial charge in [0.2, 0.25) is 5.88 Å². The SMILES string of the molecule is NNC(=O)Nc1cccc(OCCCOc2ncnc3scc(-c4ccccc4F)c23)c1. The van der Waals surface area contributed by atoms with Crippen LogP contribution in [0, 0.1) is 5.82 Å². The summed E-state index contributed by atoms with van der Waals surface area (Å²) in [5.74, 6) is 5.77. The van der Waals surface area contributed by atoms with Crippen molar-refractivity contribution in [2.75, 3.05) is 18.5 Å². The molecule has 8 nitrogen and oxygen atoms in total. The van der Waals surface area contributed by atoms with Crippen molar-refractivity contribution in [2.24, 2.45) is 5.84 Å². The van der Waals surface area contributed by atoms with Gasteiger partial charge in [-0.15, -0.1) is 11.3 Å². The summed E-state index contributed by atoms with van der Waals surface area (Å²) in [5.41, 5.74) is 3.75. The summed E-state index contributed by atoms with van der Waals surface area (Å²) >= 11 is 1.42. The average Bonchev–Trinajstić information content (AvgIpc) is 3.24. The highest BCUT2D eigenvalue weighted by molar-refractivity contribution is 7.17. The molecule has 4 aromatic rings. The highest BCUT2D eigenvalue weighted by Gasteiger charge is 2.16. The molecule has 0 saturated carbocycles. The Kier molecular flexibility index (Phi) is 6.73. The Hall–Kier alpha value is -3.76. The second kappa shape index (κ2) is 10.0. The number of urea groups is 1. The second-order valence-electron chi connectivity index (χ2n) is 6.66. The number of fused-ring (bicyclic) bond motifs is 1. The summed E-state index contributed by atoms with van der Waals surface area (Å²) in [6.45, 7) is 0.747. The standard InChI is InChI=1S/C22H20FN5O3S/c23-18-8-2-1-7-16(18)17-12-32-21-19(17)20(25-13-26-21)31-10-4-9-30-15-6-3-5-14(11-15)27-22(29)28-24/h1-3,5-8,11-13H,4,9-10,24H2,(H2,27,28,29). The number of hydrazine groups is 1. The fourth-order valence-corrected chi connectivity index (χ4v) is 3.98. The molecule has 4 N–H and O–H groups in total. The van der Waals surface area contributed by atoms with Gasteiger partial charge in [0.15, 0.2) is 0 Å². The fourth-order valence-electron chi connectivity index (χ4n) is 3.08. The maximum atomic E-state index is 14.3. The van der Waals surface area contributed by atoms with E-state index in [1.54, 1.807) is 42.5 Å². The van der Waals surface area contributed by atoms with Crippen LogP contribution < -0.4 is 26.1 Å². The van der Waals surface area contributed by atoms with Crippen molar-refractivity contribution in [1.82, 2.24) is 15.4 Å². The van der Waals surface area contributed by atoms with Crippen LogP contribution in [-0.4, -0.2) is 29.2 Å². The van der Waals surface area contributed by atoms with Gasteiger partial charge in [0.25, 0.3) is 0 Å². The Morgan fingerprint density at radius 1 is 1.06 bits per heavy atom. The number of thiophene rings is 1. The number of ether oxygens (including phenoxy) is 2. The lowest BCUT2D eigenvalue weighted by Crippen LogP contribution is -2.34. The van der Waals surface area contributed by atoms with E-state index in [-0.39, 0.29) is 5.82 Å². The number of nitrogens with two attached hydrogens (primary N) is 1. The number of benzene rings is 2. The van der Waals surface area contributed by atoms with E-state index in [9.17, 15) is 9.18 Å². The Balaban J connectivity index is 1.38. The quantitative estimate of drug-likeness (QED) is 0.158. The van der Waals surface area contributed by atoms with Crippen molar-refractivity contribution < 1.29 is 18.7 Å². The van der Waals surface area contributed by atoms with Gasteiger partial charge in [0, 0.05) is 34.7 Å². The van der Waals surface area contributed by atoms with Crippen LogP contribution in [0.5, 0.6) is 11.6 Å². The van der Waals surface area contributed by atoms with Crippen molar-refractivity contribution in [3.8, 4) is 22.8 Å². The van der Waals surface area contributed by atoms with E-state index in [1.807, 2.05) is 10.8 Å². The molecular formula is C22H20FN5O3S. The van der Waals surface area contributed by atoms with Crippen molar-refractivity contribution in [2.45, 2.75) is 6.42 Å². The lowest BCUT2D eigenvalue weighted by Gasteiger charge is -2.10. The Morgan fingerprint density at radius 2 is 1.91 bits per heavy atom. The van der Waals surface area contributed by atoms with Crippen LogP contribution in [0.2, 0.25) is 0 Å². The zero-order valence-electron chi connectivity index (χ0n) is 16.9. The van der Waals surface area contributed by atoms with Crippen molar-refractivity contribution in [1.29, 1.82) is 0 Å². The molecule has 4 rings (SSSR count). The maximum absolute atomic E-state index is 14.3. The van der Waals surface area contributed by atoms with Crippen LogP contribution in [0.4, 0.5) is 14.9 Å². The summed E-state index contributed by atoms with van der Waals surface area (Å²) < 4.78 is 25.9. The predicted octanol–water partition coefficient (Wildman–Crippen LogP) is 4.34. The Morgan fingerprint density at radius 3 is 2.75 bits per heavy atom. The van der Waals surface area contributed by atoms with Crippen molar-refractivity contribution >= 4 is 33.3 Å². The van der Waals surface area contributed by atoms with Gasteiger partial charge in [-0.2, -0.15) is 0 Å². The van der Waals surface area contributed by atoms with E-state index in [0.717, 1.165) is 4.83 Å². The van der Waals surface area contributed by atoms with E-state index < -0.39 is 6.03 Å². The van der Waals surface area contributed by atoms with Gasteiger partial charge in [-0.25, -0.2) is 25.0 Å². The van der Waals surface area contributed by atoms with Crippen molar-refractivity contribution in [3.63, 3.8) is 0 Å². The minimum absolute atomic E-state index is 0.309. The number of halogens is 1. The molecule has 0 spiro atoms. The number of carbonyl (C=O) groups excluding carboxylic acids is 1. The molecule has 0 atom stereocenters. The Labute approximate surface area is 187 Å². The van der Waals surface area contributed by atoms with E-state index in [4.69, 9.17) is 15.3 Å². The monoisotopic (exact) mass is 453 g/mol. The van der Waals surface area contributed by atoms with Gasteiger partial charge in [0.1, 0.15) is 22.7 Å². The Bertz CT molecular complexity index is 1230. The summed E-state index contributed by atoms with van der Waals surface area (Å²) in [4.78, 5) is 20.6. The first-order valence-electron chi connectivity index (χ1n) is 9.76. The first kappa shape index (κ1) is 21.5. The topological polar surface area (TPSA) is 111 Å². The summed E-state index contributed by atoms with van der Waals surface area (Å²) in [7, 11) is 0. The lowest BCUT2D eigenvalue weighted by molar-refractivity contribution is 0.244. The van der Waals surface area contributed by atoms with Crippen LogP contribution in [0.3, 0.4) is 0 Å². The van der Waals surface area contributed by atoms with Gasteiger partial charge in [0.05, 0.1) is 18.6 Å². The van der Waals surface area contributed by atoms with Gasteiger partial charge in [-0.05, 0) is 18.2 Å². The minimum atomic E-state index is -0.519. The summed E-state index contributed by atoms with van der Waals surface area (Å²) in [6.07, 6.45) is 2.03. The van der Waals surface area contributed by atoms with Crippen LogP contribution in [-0.2, 0) is 0 Å². The van der Waals surface area contributed by atoms with E-state index >= 15 is 0 Å². The molecule has 2 aromatic carbocycles. The van der Waals surface area contributed by atoms with Gasteiger partial charge in [-0.3, -0.25) is 5.43 Å². The van der Waals surface area contributed by atoms with E-state index in [1.165, 1.54) is 23.7 Å². The molecule has 164 valence electrons. The smallest absolute Gasteiger partial charge is 0.333 e. The van der Waals surface area contributed by atoms with Gasteiger partial charge in [-0.1, -0.05) is 24.3 Å². The summed E-state index contributed by atoms with van der Waals surface area (Å²) in [6, 6.07) is 13.0. The molecule has 10 heteroatoms. The molecule has 0 fully saturated rings. The number of nitrogens with zero attached hydrogens (tertiary/aromatic N) is 2. The fraction of sp³-hybridized carbons (Fsp3) is 0.136. The third-order valence-corrected chi connectivity index (χ3v) is 5.41. The highest BCUT2D eigenvalue weighted by atomic mass is 32.1. The first-order chi connectivity index (χ1) is 15.7. The molecule has 0 radical (unpaired) electrons. The number of hydrogen-bond donors (Lipinski definition) is 3. The maximum Gasteiger partial charge on any atom is 0.333 e. The van der Waals surface area contributed by atoms with E-state index in [0.29, 0.717) is 53.5 Å². The molecule has 0 unspecified atom stereocenters. The molecule has 0 aliphatic carbocycles. The average molecular weight is 453 g/mol. The number of amides is 2. The predicted molar refractivity (Wildman–Crippen MR) is 121 cm³/mol. The van der Waals surface area contributed by atoms with E-state index in [2.05, 4.69) is 15.3 Å². The number of rotatable bonds is 8. The number of nitrogens with one attached hydrogen (secondary N) is 2. The van der Waals surface area contributed by atoms with Gasteiger partial charge >= 0.3 is 6.03 Å². The number of anilines is 1. The molecule has 0 aliphatic rings. The van der Waals surface area contributed by atoms with Gasteiger partial charge < -0.3 is 14.8 Å². The third-order valence-electron chi connectivity index (χ3n) is 4.52. The van der Waals surface area contributed by atoms with Crippen LogP contribution in [0.15, 0.2) is 60.2 Å². The minimum Gasteiger partial charge on any atom is -0.493 e. The van der Waals surface area contributed by atoms with Crippen LogP contribution >= 0.6 is 11.3 Å².